The number of benzene rings is 2. The van der Waals surface area contributed by atoms with Crippen LogP contribution in [0.1, 0.15) is 34.0 Å². The normalized spacial score (nSPS) is 13.3. The molecule has 6 heteroatoms. The van der Waals surface area contributed by atoms with Gasteiger partial charge in [0.05, 0.1) is 23.8 Å². The number of rotatable bonds is 7. The molecule has 0 bridgehead atoms. The molecule has 0 saturated heterocycles. The number of nitrogens with one attached hydrogen (secondary N) is 1. The van der Waals surface area contributed by atoms with E-state index in [1.165, 1.54) is 28.0 Å². The Labute approximate surface area is 172 Å². The molecule has 28 heavy (non-hydrogen) atoms. The van der Waals surface area contributed by atoms with Gasteiger partial charge in [-0.2, -0.15) is 0 Å². The molecule has 146 valence electrons. The summed E-state index contributed by atoms with van der Waals surface area (Å²) in [6.45, 7) is 6.10. The van der Waals surface area contributed by atoms with Crippen LogP contribution in [0, 0.1) is 20.8 Å². The van der Waals surface area contributed by atoms with E-state index in [2.05, 4.69) is 30.7 Å². The van der Waals surface area contributed by atoms with Crippen LogP contribution in [0.2, 0.25) is 0 Å². The first-order valence-corrected chi connectivity index (χ1v) is 11.0. The zero-order valence-electron chi connectivity index (χ0n) is 16.1. The van der Waals surface area contributed by atoms with Gasteiger partial charge in [0, 0.05) is 4.88 Å². The number of aliphatic carboxylic acids is 1. The molecule has 1 heterocycles. The maximum atomic E-state index is 12.7. The summed E-state index contributed by atoms with van der Waals surface area (Å²) < 4.78 is 15.7. The molecule has 3 rings (SSSR count). The van der Waals surface area contributed by atoms with Gasteiger partial charge in [-0.15, -0.1) is 16.1 Å². The van der Waals surface area contributed by atoms with Crippen LogP contribution in [0.5, 0.6) is 0 Å². The summed E-state index contributed by atoms with van der Waals surface area (Å²) in [6.07, 6.45) is -0.135. The fraction of sp³-hybridized carbons (Fsp3) is 0.227. The molecule has 0 aliphatic carbocycles. The van der Waals surface area contributed by atoms with Gasteiger partial charge in [-0.25, -0.2) is 0 Å². The minimum absolute atomic E-state index is 0.135. The number of carboxylic acids is 1. The predicted octanol–water partition coefficient (Wildman–Crippen LogP) is 5.17. The molecule has 0 radical (unpaired) electrons. The lowest BCUT2D eigenvalue weighted by molar-refractivity contribution is -0.137. The van der Waals surface area contributed by atoms with E-state index in [0.717, 1.165) is 16.0 Å². The first-order valence-electron chi connectivity index (χ1n) is 8.96. The maximum Gasteiger partial charge on any atom is 0.305 e. The number of hydrogen-bond donors (Lipinski definition) is 2. The van der Waals surface area contributed by atoms with Crippen molar-refractivity contribution >= 4 is 28.7 Å². The Balaban J connectivity index is 1.87. The Morgan fingerprint density at radius 3 is 2.39 bits per heavy atom. The van der Waals surface area contributed by atoms with Crippen molar-refractivity contribution in [2.75, 3.05) is 0 Å². The zero-order chi connectivity index (χ0) is 20.3. The minimum Gasteiger partial charge on any atom is -0.593 e. The average Bonchev–Trinajstić information content (AvgIpc) is 3.11. The van der Waals surface area contributed by atoms with Crippen molar-refractivity contribution in [1.29, 1.82) is 0 Å². The topological polar surface area (TPSA) is 72.4 Å². The number of carbonyl (C=O) groups is 1. The quantitative estimate of drug-likeness (QED) is 0.524. The van der Waals surface area contributed by atoms with E-state index in [4.69, 9.17) is 0 Å². The van der Waals surface area contributed by atoms with E-state index in [-0.39, 0.29) is 6.42 Å². The van der Waals surface area contributed by atoms with Crippen molar-refractivity contribution in [1.82, 2.24) is 4.72 Å². The van der Waals surface area contributed by atoms with Crippen LogP contribution in [0.4, 0.5) is 0 Å². The third-order valence-corrected chi connectivity index (χ3v) is 6.84. The number of aryl methyl sites for hydroxylation is 3. The molecule has 0 fully saturated rings. The van der Waals surface area contributed by atoms with Crippen molar-refractivity contribution in [3.63, 3.8) is 0 Å². The van der Waals surface area contributed by atoms with Crippen molar-refractivity contribution in [3.05, 3.63) is 75.5 Å². The van der Waals surface area contributed by atoms with E-state index in [0.29, 0.717) is 4.90 Å². The lowest BCUT2D eigenvalue weighted by Crippen LogP contribution is -2.29. The van der Waals surface area contributed by atoms with Gasteiger partial charge in [-0.05, 0) is 66.6 Å². The number of thiophene rings is 1. The molecular weight excluding hydrogens is 390 g/mol. The lowest BCUT2D eigenvalue weighted by Gasteiger charge is -2.17. The highest BCUT2D eigenvalue weighted by Gasteiger charge is 2.25. The van der Waals surface area contributed by atoms with Crippen molar-refractivity contribution in [2.45, 2.75) is 38.1 Å². The van der Waals surface area contributed by atoms with Crippen LogP contribution in [0.25, 0.3) is 11.1 Å². The van der Waals surface area contributed by atoms with E-state index in [9.17, 15) is 14.5 Å². The molecule has 2 N–H and O–H groups in total. The third-order valence-electron chi connectivity index (χ3n) is 4.60. The molecule has 1 aromatic heterocycles. The monoisotopic (exact) mass is 413 g/mol. The molecular formula is C22H23NO3S2. The van der Waals surface area contributed by atoms with Gasteiger partial charge in [-0.1, -0.05) is 35.9 Å². The van der Waals surface area contributed by atoms with E-state index < -0.39 is 23.4 Å². The molecule has 0 amide bonds. The maximum absolute atomic E-state index is 12.7. The molecule has 4 nitrogen and oxygen atoms in total. The van der Waals surface area contributed by atoms with E-state index in [1.807, 2.05) is 36.6 Å². The van der Waals surface area contributed by atoms with Gasteiger partial charge in [0.15, 0.2) is 4.90 Å². The fourth-order valence-electron chi connectivity index (χ4n) is 3.17. The molecule has 0 aliphatic heterocycles. The standard InChI is InChI=1S/C22H23NO3S2/c1-14-7-9-18(10-8-14)28(26)23-19(12-21(24)25)20-11-17(13-27-20)22-15(2)5-4-6-16(22)3/h4-11,13,19,23H,12H2,1-3H3,(H,24,25)/t19?,28-/m1/s1. The summed E-state index contributed by atoms with van der Waals surface area (Å²) in [5, 5.41) is 11.4. The molecule has 0 aliphatic rings. The van der Waals surface area contributed by atoms with Crippen molar-refractivity contribution < 1.29 is 14.5 Å². The van der Waals surface area contributed by atoms with Gasteiger partial charge in [0.1, 0.15) is 0 Å². The Morgan fingerprint density at radius 1 is 1.14 bits per heavy atom. The van der Waals surface area contributed by atoms with Gasteiger partial charge in [0.2, 0.25) is 0 Å². The molecule has 1 unspecified atom stereocenters. The van der Waals surface area contributed by atoms with Crippen molar-refractivity contribution in [2.24, 2.45) is 0 Å². The van der Waals surface area contributed by atoms with Crippen LogP contribution in [0.15, 0.2) is 58.8 Å². The smallest absolute Gasteiger partial charge is 0.305 e. The zero-order valence-corrected chi connectivity index (χ0v) is 17.7. The molecule has 2 aromatic carbocycles. The van der Waals surface area contributed by atoms with Gasteiger partial charge in [0.25, 0.3) is 0 Å². The summed E-state index contributed by atoms with van der Waals surface area (Å²) in [7, 11) is 0. The molecule has 0 spiro atoms. The molecule has 2 atom stereocenters. The molecule has 3 aromatic rings. The van der Waals surface area contributed by atoms with E-state index >= 15 is 0 Å². The second kappa shape index (κ2) is 8.92. The van der Waals surface area contributed by atoms with Crippen LogP contribution < -0.4 is 4.72 Å². The molecule has 0 saturated carbocycles. The van der Waals surface area contributed by atoms with Crippen LogP contribution in [-0.4, -0.2) is 15.6 Å². The van der Waals surface area contributed by atoms with E-state index in [1.54, 1.807) is 12.1 Å². The van der Waals surface area contributed by atoms with Crippen molar-refractivity contribution in [3.8, 4) is 11.1 Å². The Bertz CT molecular complexity index is 946. The summed E-state index contributed by atoms with van der Waals surface area (Å²) in [6, 6.07) is 15.0. The number of carboxylic acid groups (broad SMARTS) is 1. The third kappa shape index (κ3) is 4.83. The average molecular weight is 414 g/mol. The minimum atomic E-state index is -1.49. The second-order valence-electron chi connectivity index (χ2n) is 6.85. The highest BCUT2D eigenvalue weighted by Crippen LogP contribution is 2.34. The summed E-state index contributed by atoms with van der Waals surface area (Å²) in [4.78, 5) is 12.9. The summed E-state index contributed by atoms with van der Waals surface area (Å²) >= 11 is 0.00188. The van der Waals surface area contributed by atoms with Crippen LogP contribution >= 0.6 is 11.3 Å². The van der Waals surface area contributed by atoms with Gasteiger partial charge in [-0.3, -0.25) is 4.79 Å². The SMILES string of the molecule is Cc1ccc([S@@+]([O-])NC(CC(=O)O)c2cc(-c3c(C)cccc3C)cs2)cc1. The second-order valence-corrected chi connectivity index (χ2v) is 9.04. The van der Waals surface area contributed by atoms with Crippen LogP contribution in [-0.2, 0) is 16.2 Å². The Hall–Kier alpha value is -2.12. The first-order chi connectivity index (χ1) is 13.3. The number of hydrogen-bond acceptors (Lipinski definition) is 4. The van der Waals surface area contributed by atoms with Gasteiger partial charge >= 0.3 is 5.97 Å². The van der Waals surface area contributed by atoms with Crippen LogP contribution in [0.3, 0.4) is 0 Å². The Morgan fingerprint density at radius 2 is 1.79 bits per heavy atom. The highest BCUT2D eigenvalue weighted by atomic mass is 32.2. The fourth-order valence-corrected chi connectivity index (χ4v) is 5.18. The largest absolute Gasteiger partial charge is 0.593 e. The highest BCUT2D eigenvalue weighted by molar-refractivity contribution is 7.89. The lowest BCUT2D eigenvalue weighted by atomic mass is 9.97. The summed E-state index contributed by atoms with van der Waals surface area (Å²) in [5.74, 6) is -0.930. The predicted molar refractivity (Wildman–Crippen MR) is 115 cm³/mol. The first kappa shape index (κ1) is 20.6. The van der Waals surface area contributed by atoms with Gasteiger partial charge < -0.3 is 9.66 Å². The summed E-state index contributed by atoms with van der Waals surface area (Å²) in [5.41, 5.74) is 5.66. The Kier molecular flexibility index (Phi) is 6.57.